The van der Waals surface area contributed by atoms with Gasteiger partial charge in [-0.3, -0.25) is 9.69 Å². The Labute approximate surface area is 161 Å². The summed E-state index contributed by atoms with van der Waals surface area (Å²) in [6, 6.07) is 9.68. The summed E-state index contributed by atoms with van der Waals surface area (Å²) in [6.07, 6.45) is 1.17. The van der Waals surface area contributed by atoms with Crippen molar-refractivity contribution in [1.82, 2.24) is 9.47 Å². The lowest BCUT2D eigenvalue weighted by Gasteiger charge is -2.43. The van der Waals surface area contributed by atoms with E-state index in [-0.39, 0.29) is 5.56 Å². The van der Waals surface area contributed by atoms with E-state index >= 15 is 0 Å². The van der Waals surface area contributed by atoms with E-state index in [1.165, 1.54) is 12.1 Å². The topological polar surface area (TPSA) is 43.7 Å². The molecular formula is C20H23BrN2O3. The zero-order chi connectivity index (χ0) is 18.3. The van der Waals surface area contributed by atoms with E-state index in [4.69, 9.17) is 9.47 Å². The van der Waals surface area contributed by atoms with Gasteiger partial charge in [0.1, 0.15) is 11.5 Å². The van der Waals surface area contributed by atoms with Crippen LogP contribution in [0, 0.1) is 5.92 Å². The molecule has 0 spiro atoms. The molecule has 5 nitrogen and oxygen atoms in total. The van der Waals surface area contributed by atoms with Gasteiger partial charge >= 0.3 is 0 Å². The van der Waals surface area contributed by atoms with Crippen LogP contribution in [0.5, 0.6) is 11.5 Å². The molecule has 2 atom stereocenters. The highest BCUT2D eigenvalue weighted by atomic mass is 79.9. The molecule has 0 N–H and O–H groups in total. The lowest BCUT2D eigenvalue weighted by molar-refractivity contribution is 0.113. The fourth-order valence-electron chi connectivity index (χ4n) is 4.41. The summed E-state index contributed by atoms with van der Waals surface area (Å²) in [4.78, 5) is 14.6. The van der Waals surface area contributed by atoms with Gasteiger partial charge in [-0.05, 0) is 40.4 Å². The minimum Gasteiger partial charge on any atom is -0.496 e. The van der Waals surface area contributed by atoms with Crippen molar-refractivity contribution < 1.29 is 9.47 Å². The summed E-state index contributed by atoms with van der Waals surface area (Å²) < 4.78 is 13.9. The van der Waals surface area contributed by atoms with Gasteiger partial charge in [0, 0.05) is 55.5 Å². The Bertz CT molecular complexity index is 880. The van der Waals surface area contributed by atoms with Crippen molar-refractivity contribution in [2.45, 2.75) is 25.4 Å². The number of hydrogen-bond acceptors (Lipinski definition) is 4. The largest absolute Gasteiger partial charge is 0.496 e. The average Bonchev–Trinajstić information content (AvgIpc) is 2.63. The first-order chi connectivity index (χ1) is 12.6. The minimum atomic E-state index is 0.131. The molecule has 2 aliphatic rings. The highest BCUT2D eigenvalue weighted by Crippen LogP contribution is 2.38. The van der Waals surface area contributed by atoms with Gasteiger partial charge in [-0.25, -0.2) is 0 Å². The van der Waals surface area contributed by atoms with Gasteiger partial charge in [-0.15, -0.1) is 0 Å². The molecule has 0 saturated carbocycles. The maximum Gasteiger partial charge on any atom is 0.250 e. The van der Waals surface area contributed by atoms with Crippen molar-refractivity contribution in [3.8, 4) is 11.5 Å². The van der Waals surface area contributed by atoms with Crippen molar-refractivity contribution in [3.63, 3.8) is 0 Å². The van der Waals surface area contributed by atoms with E-state index in [1.807, 2.05) is 16.7 Å². The van der Waals surface area contributed by atoms with Crippen LogP contribution in [-0.4, -0.2) is 36.8 Å². The van der Waals surface area contributed by atoms with Crippen molar-refractivity contribution >= 4 is 15.9 Å². The van der Waals surface area contributed by atoms with Gasteiger partial charge in [0.15, 0.2) is 0 Å². The van der Waals surface area contributed by atoms with Gasteiger partial charge in [0.25, 0.3) is 5.56 Å². The van der Waals surface area contributed by atoms with E-state index < -0.39 is 0 Å². The molecule has 138 valence electrons. The van der Waals surface area contributed by atoms with Crippen LogP contribution in [0.2, 0.25) is 0 Å². The Kier molecular flexibility index (Phi) is 4.80. The van der Waals surface area contributed by atoms with Crippen LogP contribution in [0.1, 0.15) is 23.6 Å². The van der Waals surface area contributed by atoms with Crippen molar-refractivity contribution in [2.24, 2.45) is 5.92 Å². The Balaban J connectivity index is 1.58. The molecule has 0 radical (unpaired) electrons. The fraction of sp³-hybridized carbons (Fsp3) is 0.450. The number of pyridine rings is 1. The normalized spacial score (nSPS) is 22.0. The SMILES string of the molecule is COc1cc(OC)c(CN2C[C@H]3C[C@H](C2)c2cccc(=O)n2C3)cc1Br. The van der Waals surface area contributed by atoms with Gasteiger partial charge in [-0.1, -0.05) is 6.07 Å². The number of ether oxygens (including phenoxy) is 2. The highest BCUT2D eigenvalue weighted by molar-refractivity contribution is 9.10. The molecule has 1 aromatic carbocycles. The quantitative estimate of drug-likeness (QED) is 0.764. The first kappa shape index (κ1) is 17.6. The molecule has 0 unspecified atom stereocenters. The lowest BCUT2D eigenvalue weighted by Crippen LogP contribution is -2.46. The Hall–Kier alpha value is -1.79. The maximum atomic E-state index is 12.2. The maximum absolute atomic E-state index is 12.2. The number of likely N-dealkylation sites (tertiary alicyclic amines) is 1. The number of benzene rings is 1. The molecule has 2 aromatic rings. The summed E-state index contributed by atoms with van der Waals surface area (Å²) in [5, 5.41) is 0. The third kappa shape index (κ3) is 3.16. The predicted octanol–water partition coefficient (Wildman–Crippen LogP) is 3.25. The second-order valence-corrected chi connectivity index (χ2v) is 8.05. The van der Waals surface area contributed by atoms with Crippen LogP contribution in [-0.2, 0) is 13.1 Å². The smallest absolute Gasteiger partial charge is 0.250 e. The van der Waals surface area contributed by atoms with Gasteiger partial charge in [0.2, 0.25) is 0 Å². The molecule has 1 aromatic heterocycles. The summed E-state index contributed by atoms with van der Waals surface area (Å²) in [6.45, 7) is 3.62. The zero-order valence-electron chi connectivity index (χ0n) is 15.1. The molecular weight excluding hydrogens is 396 g/mol. The Morgan fingerprint density at radius 1 is 1.12 bits per heavy atom. The number of halogens is 1. The number of aromatic nitrogens is 1. The Morgan fingerprint density at radius 2 is 1.92 bits per heavy atom. The molecule has 6 heteroatoms. The van der Waals surface area contributed by atoms with E-state index in [1.54, 1.807) is 20.3 Å². The van der Waals surface area contributed by atoms with Crippen molar-refractivity contribution in [3.05, 3.63) is 56.4 Å². The first-order valence-corrected chi connectivity index (χ1v) is 9.71. The highest BCUT2D eigenvalue weighted by Gasteiger charge is 2.34. The third-order valence-electron chi connectivity index (χ3n) is 5.50. The van der Waals surface area contributed by atoms with Crippen LogP contribution in [0.3, 0.4) is 0 Å². The minimum absolute atomic E-state index is 0.131. The van der Waals surface area contributed by atoms with Crippen LogP contribution in [0.15, 0.2) is 39.6 Å². The monoisotopic (exact) mass is 418 g/mol. The van der Waals surface area contributed by atoms with Crippen LogP contribution in [0.4, 0.5) is 0 Å². The molecule has 0 aliphatic carbocycles. The molecule has 3 heterocycles. The standard InChI is InChI=1S/C20H23BrN2O3/c1-25-18-8-19(26-2)16(21)7-15(18)12-22-9-13-6-14(11-22)17-4-3-5-20(24)23(17)10-13/h3-5,7-8,13-14H,6,9-12H2,1-2H3/t13-,14-/m1/s1. The summed E-state index contributed by atoms with van der Waals surface area (Å²) in [7, 11) is 3.35. The third-order valence-corrected chi connectivity index (χ3v) is 6.12. The van der Waals surface area contributed by atoms with E-state index in [9.17, 15) is 4.79 Å². The zero-order valence-corrected chi connectivity index (χ0v) is 16.7. The van der Waals surface area contributed by atoms with Crippen molar-refractivity contribution in [1.29, 1.82) is 0 Å². The number of rotatable bonds is 4. The number of fused-ring (bicyclic) bond motifs is 4. The first-order valence-electron chi connectivity index (χ1n) is 8.91. The fourth-order valence-corrected chi connectivity index (χ4v) is 4.96. The average molecular weight is 419 g/mol. The summed E-state index contributed by atoms with van der Waals surface area (Å²) >= 11 is 3.58. The van der Waals surface area contributed by atoms with Gasteiger partial charge in [0.05, 0.1) is 18.7 Å². The molecule has 2 bridgehead atoms. The lowest BCUT2D eigenvalue weighted by atomic mass is 9.83. The summed E-state index contributed by atoms with van der Waals surface area (Å²) in [5.41, 5.74) is 2.46. The van der Waals surface area contributed by atoms with Crippen LogP contribution in [0.25, 0.3) is 0 Å². The van der Waals surface area contributed by atoms with Gasteiger partial charge < -0.3 is 14.0 Å². The second kappa shape index (κ2) is 7.08. The molecule has 4 rings (SSSR count). The number of piperidine rings is 1. The van der Waals surface area contributed by atoms with E-state index in [0.29, 0.717) is 11.8 Å². The summed E-state index contributed by atoms with van der Waals surface area (Å²) in [5.74, 6) is 2.56. The molecule has 1 fully saturated rings. The predicted molar refractivity (Wildman–Crippen MR) is 104 cm³/mol. The number of hydrogen-bond donors (Lipinski definition) is 0. The van der Waals surface area contributed by atoms with Gasteiger partial charge in [-0.2, -0.15) is 0 Å². The number of methoxy groups -OCH3 is 2. The second-order valence-electron chi connectivity index (χ2n) is 7.19. The molecule has 26 heavy (non-hydrogen) atoms. The van der Waals surface area contributed by atoms with E-state index in [0.717, 1.165) is 47.7 Å². The molecule has 0 amide bonds. The van der Waals surface area contributed by atoms with Crippen LogP contribution >= 0.6 is 15.9 Å². The number of nitrogens with zero attached hydrogens (tertiary/aromatic N) is 2. The van der Waals surface area contributed by atoms with E-state index in [2.05, 4.69) is 33.0 Å². The molecule has 1 saturated heterocycles. The van der Waals surface area contributed by atoms with Crippen LogP contribution < -0.4 is 15.0 Å². The Morgan fingerprint density at radius 3 is 2.69 bits per heavy atom. The molecule has 2 aliphatic heterocycles. The van der Waals surface area contributed by atoms with Crippen molar-refractivity contribution in [2.75, 3.05) is 27.3 Å².